The number of phenols is 1. The van der Waals surface area contributed by atoms with Gasteiger partial charge in [-0.25, -0.2) is 8.42 Å². The number of rotatable bonds is 11. The minimum absolute atomic E-state index is 0.0452. The molecular formula is C25H28N2O7S. The molecule has 3 atom stereocenters. The van der Waals surface area contributed by atoms with Gasteiger partial charge in [0.2, 0.25) is 10.0 Å². The van der Waals surface area contributed by atoms with Crippen LogP contribution in [0.4, 0.5) is 5.69 Å². The van der Waals surface area contributed by atoms with Crippen LogP contribution in [0.15, 0.2) is 72.8 Å². The minimum Gasteiger partial charge on any atom is -0.506 e. The van der Waals surface area contributed by atoms with E-state index < -0.39 is 34.1 Å². The Balaban J connectivity index is 1.90. The Morgan fingerprint density at radius 3 is 2.17 bits per heavy atom. The average Bonchev–Trinajstić information content (AvgIpc) is 2.82. The molecule has 3 aromatic rings. The highest BCUT2D eigenvalue weighted by molar-refractivity contribution is 7.92. The number of ether oxygens (including phenoxy) is 1. The number of anilines is 1. The van der Waals surface area contributed by atoms with Crippen LogP contribution < -0.4 is 14.8 Å². The first-order valence-electron chi connectivity index (χ1n) is 10.7. The van der Waals surface area contributed by atoms with Crippen molar-refractivity contribution in [1.29, 1.82) is 0 Å². The van der Waals surface area contributed by atoms with Crippen molar-refractivity contribution >= 4 is 21.7 Å². The monoisotopic (exact) mass is 500 g/mol. The van der Waals surface area contributed by atoms with Gasteiger partial charge in [0.25, 0.3) is 0 Å². The highest BCUT2D eigenvalue weighted by atomic mass is 32.2. The molecule has 186 valence electrons. The third kappa shape index (κ3) is 6.95. The molecule has 0 bridgehead atoms. The maximum Gasteiger partial charge on any atom is 0.312 e. The molecule has 0 saturated heterocycles. The molecule has 0 fully saturated rings. The number of hydrogen-bond acceptors (Lipinski definition) is 7. The summed E-state index contributed by atoms with van der Waals surface area (Å²) in [6, 6.07) is 19.1. The Hall–Kier alpha value is -3.60. The van der Waals surface area contributed by atoms with E-state index in [0.29, 0.717) is 22.4 Å². The highest BCUT2D eigenvalue weighted by Crippen LogP contribution is 2.33. The summed E-state index contributed by atoms with van der Waals surface area (Å²) in [5.74, 6) is -1.66. The van der Waals surface area contributed by atoms with Crippen LogP contribution in [0.25, 0.3) is 0 Å². The number of sulfonamides is 1. The van der Waals surface area contributed by atoms with Gasteiger partial charge in [-0.15, -0.1) is 0 Å². The van der Waals surface area contributed by atoms with Crippen molar-refractivity contribution in [3.05, 3.63) is 89.5 Å². The van der Waals surface area contributed by atoms with E-state index in [1.54, 1.807) is 54.6 Å². The lowest BCUT2D eigenvalue weighted by atomic mass is 9.86. The van der Waals surface area contributed by atoms with Crippen LogP contribution >= 0.6 is 0 Å². The molecule has 3 rings (SSSR count). The molecule has 0 aliphatic heterocycles. The molecule has 0 aliphatic carbocycles. The predicted molar refractivity (Wildman–Crippen MR) is 132 cm³/mol. The van der Waals surface area contributed by atoms with Crippen molar-refractivity contribution in [3.8, 4) is 11.5 Å². The maximum atomic E-state index is 12.3. The lowest BCUT2D eigenvalue weighted by Crippen LogP contribution is -2.34. The number of aliphatic hydroxyl groups excluding tert-OH is 1. The van der Waals surface area contributed by atoms with Gasteiger partial charge >= 0.3 is 5.97 Å². The second-order valence-electron chi connectivity index (χ2n) is 8.05. The van der Waals surface area contributed by atoms with Crippen molar-refractivity contribution in [2.75, 3.05) is 24.6 Å². The summed E-state index contributed by atoms with van der Waals surface area (Å²) in [5, 5.41) is 34.0. The van der Waals surface area contributed by atoms with E-state index in [-0.39, 0.29) is 18.0 Å². The maximum absolute atomic E-state index is 12.3. The normalized spacial score (nSPS) is 14.0. The topological polar surface area (TPSA) is 145 Å². The summed E-state index contributed by atoms with van der Waals surface area (Å²) in [4.78, 5) is 12.3. The van der Waals surface area contributed by atoms with Gasteiger partial charge in [0.1, 0.15) is 17.4 Å². The van der Waals surface area contributed by atoms with Crippen LogP contribution in [-0.4, -0.2) is 49.6 Å². The summed E-state index contributed by atoms with van der Waals surface area (Å²) in [7, 11) is -2.11. The third-order valence-corrected chi connectivity index (χ3v) is 6.06. The summed E-state index contributed by atoms with van der Waals surface area (Å²) in [6.07, 6.45) is -0.173. The number of hydrogen-bond donors (Lipinski definition) is 5. The second-order valence-corrected chi connectivity index (χ2v) is 9.80. The predicted octanol–water partition coefficient (Wildman–Crippen LogP) is 3.01. The van der Waals surface area contributed by atoms with Gasteiger partial charge in [-0.2, -0.15) is 0 Å². The second kappa shape index (κ2) is 11.2. The van der Waals surface area contributed by atoms with Crippen LogP contribution in [0, 0.1) is 0 Å². The van der Waals surface area contributed by atoms with E-state index in [2.05, 4.69) is 10.0 Å². The summed E-state index contributed by atoms with van der Waals surface area (Å²) < 4.78 is 30.5. The molecule has 0 radical (unpaired) electrons. The smallest absolute Gasteiger partial charge is 0.312 e. The number of aromatic hydroxyl groups is 1. The Morgan fingerprint density at radius 2 is 1.60 bits per heavy atom. The van der Waals surface area contributed by atoms with Crippen LogP contribution in [0.5, 0.6) is 11.5 Å². The van der Waals surface area contributed by atoms with E-state index >= 15 is 0 Å². The molecule has 35 heavy (non-hydrogen) atoms. The van der Waals surface area contributed by atoms with Crippen LogP contribution in [0.3, 0.4) is 0 Å². The van der Waals surface area contributed by atoms with E-state index in [4.69, 9.17) is 4.74 Å². The molecule has 0 amide bonds. The molecule has 0 heterocycles. The van der Waals surface area contributed by atoms with Gasteiger partial charge in [-0.3, -0.25) is 9.52 Å². The lowest BCUT2D eigenvalue weighted by Gasteiger charge is -2.27. The van der Waals surface area contributed by atoms with Crippen LogP contribution in [-0.2, 0) is 14.8 Å². The Bertz CT molecular complexity index is 1250. The Kier molecular flexibility index (Phi) is 8.34. The van der Waals surface area contributed by atoms with Crippen molar-refractivity contribution in [3.63, 3.8) is 0 Å². The molecule has 5 N–H and O–H groups in total. The van der Waals surface area contributed by atoms with E-state index in [1.165, 1.54) is 25.3 Å². The van der Waals surface area contributed by atoms with Gasteiger partial charge < -0.3 is 25.4 Å². The molecule has 9 nitrogen and oxygen atoms in total. The molecule has 2 unspecified atom stereocenters. The molecule has 0 saturated carbocycles. The summed E-state index contributed by atoms with van der Waals surface area (Å²) in [6.45, 7) is -0.0452. The van der Waals surface area contributed by atoms with E-state index in [1.807, 2.05) is 0 Å². The van der Waals surface area contributed by atoms with Gasteiger partial charge in [0.05, 0.1) is 25.2 Å². The number of carboxylic acid groups (broad SMARTS) is 1. The number of benzene rings is 3. The van der Waals surface area contributed by atoms with Crippen LogP contribution in [0.2, 0.25) is 0 Å². The molecular weight excluding hydrogens is 472 g/mol. The molecule has 0 spiro atoms. The first-order chi connectivity index (χ1) is 16.6. The van der Waals surface area contributed by atoms with Gasteiger partial charge in [-0.1, -0.05) is 48.5 Å². The number of carboxylic acids is 1. The largest absolute Gasteiger partial charge is 0.506 e. The van der Waals surface area contributed by atoms with Crippen molar-refractivity contribution < 1.29 is 33.3 Å². The zero-order valence-electron chi connectivity index (χ0n) is 19.3. The minimum atomic E-state index is -3.64. The average molecular weight is 501 g/mol. The number of phenolic OH excluding ortho intramolecular Hbond substituents is 1. The van der Waals surface area contributed by atoms with Gasteiger partial charge in [0.15, 0.2) is 0 Å². The third-order valence-electron chi connectivity index (χ3n) is 5.46. The zero-order valence-corrected chi connectivity index (χ0v) is 20.1. The number of aliphatic hydroxyl groups is 1. The van der Waals surface area contributed by atoms with Gasteiger partial charge in [0, 0.05) is 12.6 Å². The van der Waals surface area contributed by atoms with Crippen molar-refractivity contribution in [1.82, 2.24) is 5.32 Å². The number of carbonyl (C=O) groups is 1. The number of aliphatic carboxylic acids is 1. The van der Waals surface area contributed by atoms with E-state index in [9.17, 15) is 28.5 Å². The van der Waals surface area contributed by atoms with Crippen LogP contribution in [0.1, 0.15) is 34.8 Å². The first-order valence-corrected chi connectivity index (χ1v) is 12.6. The standard InChI is InChI=1S/C25H28N2O7S/c1-34-19-11-8-17(9-12-19)24(23(25(30)31)16-6-4-3-5-7-16)26-15-22(29)18-10-13-21(28)20(14-18)27-35(2,32)33/h3-14,22-24,26-29H,15H2,1-2H3,(H,30,31)/t22-,23?,24?/m0/s1. The number of methoxy groups -OCH3 is 1. The SMILES string of the molecule is COc1ccc(C(NC[C@H](O)c2ccc(O)c(NS(C)(=O)=O)c2)C(C(=O)O)c2ccccc2)cc1. The zero-order chi connectivity index (χ0) is 25.6. The van der Waals surface area contributed by atoms with Gasteiger partial charge in [-0.05, 0) is 41.0 Å². The fraction of sp³-hybridized carbons (Fsp3) is 0.240. The molecule has 10 heteroatoms. The first kappa shape index (κ1) is 26.0. The highest BCUT2D eigenvalue weighted by Gasteiger charge is 2.31. The molecule has 0 aliphatic rings. The van der Waals surface area contributed by atoms with Crippen molar-refractivity contribution in [2.45, 2.75) is 18.1 Å². The lowest BCUT2D eigenvalue weighted by molar-refractivity contribution is -0.139. The molecule has 0 aromatic heterocycles. The Labute approximate surface area is 204 Å². The fourth-order valence-corrected chi connectivity index (χ4v) is 4.34. The fourth-order valence-electron chi connectivity index (χ4n) is 3.78. The number of nitrogens with one attached hydrogen (secondary N) is 2. The molecule has 3 aromatic carbocycles. The van der Waals surface area contributed by atoms with Crippen molar-refractivity contribution in [2.24, 2.45) is 0 Å². The summed E-state index contributed by atoms with van der Waals surface area (Å²) in [5.41, 5.74) is 1.54. The summed E-state index contributed by atoms with van der Waals surface area (Å²) >= 11 is 0. The quantitative estimate of drug-likeness (QED) is 0.253. The Morgan fingerprint density at radius 1 is 0.971 bits per heavy atom. The van der Waals surface area contributed by atoms with E-state index in [0.717, 1.165) is 6.26 Å².